The van der Waals surface area contributed by atoms with Gasteiger partial charge in [0.25, 0.3) is 10.1 Å². The molecule has 0 saturated carbocycles. The van der Waals surface area contributed by atoms with Crippen LogP contribution >= 0.6 is 0 Å². The van der Waals surface area contributed by atoms with Crippen LogP contribution in [0.15, 0.2) is 35.2 Å². The Labute approximate surface area is 114 Å². The van der Waals surface area contributed by atoms with Gasteiger partial charge in [-0.3, -0.25) is 4.18 Å². The van der Waals surface area contributed by atoms with Gasteiger partial charge in [-0.25, -0.2) is 0 Å². The largest absolute Gasteiger partial charge is 1.00 e. The van der Waals surface area contributed by atoms with Gasteiger partial charge in [-0.1, -0.05) is 18.2 Å². The van der Waals surface area contributed by atoms with Crippen LogP contribution in [0.3, 0.4) is 0 Å². The number of hydrogen-bond acceptors (Lipinski definition) is 4. The van der Waals surface area contributed by atoms with Crippen molar-refractivity contribution in [3.63, 3.8) is 0 Å². The van der Waals surface area contributed by atoms with Crippen molar-refractivity contribution >= 4 is 10.1 Å². The molecule has 0 aliphatic heterocycles. The molecule has 0 heterocycles. The van der Waals surface area contributed by atoms with Crippen LogP contribution in [0.25, 0.3) is 0 Å². The molecule has 0 radical (unpaired) electrons. The maximum Gasteiger partial charge on any atom is 1.00 e. The van der Waals surface area contributed by atoms with Gasteiger partial charge in [0, 0.05) is 0 Å². The van der Waals surface area contributed by atoms with Gasteiger partial charge in [0.1, 0.15) is 0 Å². The SMILES string of the molecule is NCCCOS(=O)(=O)c1ccccc1.[H-].[Na+]. The molecule has 0 aromatic heterocycles. The van der Waals surface area contributed by atoms with Crippen LogP contribution in [0.4, 0.5) is 0 Å². The molecule has 1 aromatic carbocycles. The first kappa shape index (κ1) is 15.1. The molecular formula is C9H14NNaO3S. The third kappa shape index (κ3) is 5.10. The minimum Gasteiger partial charge on any atom is -1.00 e. The molecular weight excluding hydrogens is 225 g/mol. The second-order valence-corrected chi connectivity index (χ2v) is 4.35. The van der Waals surface area contributed by atoms with E-state index in [0.29, 0.717) is 13.0 Å². The van der Waals surface area contributed by atoms with Crippen molar-refractivity contribution in [1.82, 2.24) is 0 Å². The molecule has 15 heavy (non-hydrogen) atoms. The van der Waals surface area contributed by atoms with E-state index in [1.807, 2.05) is 0 Å². The minimum absolute atomic E-state index is 0. The summed E-state index contributed by atoms with van der Waals surface area (Å²) < 4.78 is 27.6. The molecule has 2 N–H and O–H groups in total. The van der Waals surface area contributed by atoms with Crippen molar-refractivity contribution in [3.05, 3.63) is 30.3 Å². The van der Waals surface area contributed by atoms with Crippen LogP contribution in [0.1, 0.15) is 7.85 Å². The first-order chi connectivity index (χ1) is 6.67. The average molecular weight is 239 g/mol. The number of rotatable bonds is 5. The minimum atomic E-state index is -3.59. The summed E-state index contributed by atoms with van der Waals surface area (Å²) in [6.07, 6.45) is 0.534. The summed E-state index contributed by atoms with van der Waals surface area (Å²) in [5.41, 5.74) is 5.22. The summed E-state index contributed by atoms with van der Waals surface area (Å²) in [6.45, 7) is 0.554. The zero-order valence-corrected chi connectivity index (χ0v) is 11.5. The normalized spacial score (nSPS) is 10.7. The first-order valence-corrected chi connectivity index (χ1v) is 5.72. The summed E-state index contributed by atoms with van der Waals surface area (Å²) in [5, 5.41) is 0. The van der Waals surface area contributed by atoms with Gasteiger partial charge in [-0.05, 0) is 25.1 Å². The molecule has 6 heteroatoms. The van der Waals surface area contributed by atoms with Gasteiger partial charge >= 0.3 is 29.6 Å². The van der Waals surface area contributed by atoms with Crippen LogP contribution in [0.5, 0.6) is 0 Å². The van der Waals surface area contributed by atoms with E-state index in [-0.39, 0.29) is 42.5 Å². The van der Waals surface area contributed by atoms with Gasteiger partial charge in [-0.15, -0.1) is 0 Å². The number of nitrogens with two attached hydrogens (primary N) is 1. The van der Waals surface area contributed by atoms with E-state index >= 15 is 0 Å². The zero-order chi connectivity index (χ0) is 10.4. The van der Waals surface area contributed by atoms with Crippen LogP contribution in [0, 0.1) is 0 Å². The smallest absolute Gasteiger partial charge is 1.00 e. The molecule has 80 valence electrons. The van der Waals surface area contributed by atoms with E-state index < -0.39 is 10.1 Å². The second-order valence-electron chi connectivity index (χ2n) is 2.73. The Kier molecular flexibility index (Phi) is 7.42. The van der Waals surface area contributed by atoms with Crippen LogP contribution in [0.2, 0.25) is 0 Å². The molecule has 0 bridgehead atoms. The Morgan fingerprint density at radius 3 is 2.40 bits per heavy atom. The van der Waals surface area contributed by atoms with E-state index in [4.69, 9.17) is 9.92 Å². The Morgan fingerprint density at radius 1 is 1.27 bits per heavy atom. The predicted octanol–water partition coefficient (Wildman–Crippen LogP) is -2.14. The Balaban J connectivity index is 0. The third-order valence-corrected chi connectivity index (χ3v) is 2.95. The monoisotopic (exact) mass is 239 g/mol. The third-order valence-electron chi connectivity index (χ3n) is 1.62. The van der Waals surface area contributed by atoms with Crippen molar-refractivity contribution < 1.29 is 43.6 Å². The van der Waals surface area contributed by atoms with E-state index in [2.05, 4.69) is 0 Å². The molecule has 0 unspecified atom stereocenters. The fourth-order valence-corrected chi connectivity index (χ4v) is 1.87. The number of hydrogen-bond donors (Lipinski definition) is 1. The Morgan fingerprint density at radius 2 is 1.87 bits per heavy atom. The Hall–Kier alpha value is 0.0900. The first-order valence-electron chi connectivity index (χ1n) is 4.31. The van der Waals surface area contributed by atoms with Crippen molar-refractivity contribution in [3.8, 4) is 0 Å². The maximum atomic E-state index is 11.4. The maximum absolute atomic E-state index is 11.4. The molecule has 0 saturated heterocycles. The Bertz CT molecular complexity index is 372. The van der Waals surface area contributed by atoms with Gasteiger partial charge in [0.2, 0.25) is 0 Å². The molecule has 0 aliphatic rings. The van der Waals surface area contributed by atoms with Crippen molar-refractivity contribution in [1.29, 1.82) is 0 Å². The molecule has 0 aliphatic carbocycles. The summed E-state index contributed by atoms with van der Waals surface area (Å²) in [5.74, 6) is 0. The summed E-state index contributed by atoms with van der Waals surface area (Å²) in [6, 6.07) is 8.05. The van der Waals surface area contributed by atoms with E-state index in [1.165, 1.54) is 12.1 Å². The van der Waals surface area contributed by atoms with Crippen LogP contribution in [-0.4, -0.2) is 21.6 Å². The van der Waals surface area contributed by atoms with E-state index in [1.54, 1.807) is 18.2 Å². The standard InChI is InChI=1S/C9H13NO3S.Na.H/c10-7-4-8-13-14(11,12)9-5-2-1-3-6-9;;/h1-3,5-6H,4,7-8,10H2;;/q;+1;-1. The predicted molar refractivity (Wildman–Crippen MR) is 54.4 cm³/mol. The molecule has 1 rings (SSSR count). The summed E-state index contributed by atoms with van der Waals surface area (Å²) in [4.78, 5) is 0.178. The molecule has 0 atom stereocenters. The molecule has 0 spiro atoms. The summed E-state index contributed by atoms with van der Waals surface area (Å²) in [7, 11) is -3.59. The van der Waals surface area contributed by atoms with Gasteiger partial charge < -0.3 is 7.16 Å². The summed E-state index contributed by atoms with van der Waals surface area (Å²) >= 11 is 0. The van der Waals surface area contributed by atoms with Gasteiger partial charge in [0.15, 0.2) is 0 Å². The van der Waals surface area contributed by atoms with Crippen molar-refractivity contribution in [2.45, 2.75) is 11.3 Å². The van der Waals surface area contributed by atoms with Crippen molar-refractivity contribution in [2.75, 3.05) is 13.2 Å². The van der Waals surface area contributed by atoms with E-state index in [0.717, 1.165) is 0 Å². The zero-order valence-electron chi connectivity index (χ0n) is 9.72. The quantitative estimate of drug-likeness (QED) is 0.361. The van der Waals surface area contributed by atoms with Crippen LogP contribution < -0.4 is 35.3 Å². The fraction of sp³-hybridized carbons (Fsp3) is 0.333. The van der Waals surface area contributed by atoms with E-state index in [9.17, 15) is 8.42 Å². The molecule has 4 nitrogen and oxygen atoms in total. The molecule has 0 amide bonds. The fourth-order valence-electron chi connectivity index (χ4n) is 0.907. The van der Waals surface area contributed by atoms with Gasteiger partial charge in [-0.2, -0.15) is 8.42 Å². The van der Waals surface area contributed by atoms with Gasteiger partial charge in [0.05, 0.1) is 11.5 Å². The second kappa shape index (κ2) is 7.38. The van der Waals surface area contributed by atoms with Crippen molar-refractivity contribution in [2.24, 2.45) is 5.73 Å². The molecule has 0 fully saturated rings. The molecule has 1 aromatic rings. The van der Waals surface area contributed by atoms with Crippen LogP contribution in [-0.2, 0) is 14.3 Å². The topological polar surface area (TPSA) is 69.4 Å². The number of benzene rings is 1. The average Bonchev–Trinajstić information content (AvgIpc) is 2.19.